The standard InChI is InChI=1S/C9H13N3S/c1-12(8-4-6-13-7-8)9-3-2-5-10-11-9/h2-3,5,8H,4,6-7H2,1H3. The maximum atomic E-state index is 4.09. The summed E-state index contributed by atoms with van der Waals surface area (Å²) in [4.78, 5) is 2.23. The Bertz CT molecular complexity index is 259. The molecule has 1 aliphatic rings. The van der Waals surface area contributed by atoms with Crippen molar-refractivity contribution in [1.29, 1.82) is 0 Å². The first-order valence-corrected chi connectivity index (χ1v) is 5.61. The highest BCUT2D eigenvalue weighted by Crippen LogP contribution is 2.23. The van der Waals surface area contributed by atoms with Gasteiger partial charge in [-0.1, -0.05) is 0 Å². The molecule has 1 aliphatic heterocycles. The van der Waals surface area contributed by atoms with E-state index in [0.29, 0.717) is 6.04 Å². The lowest BCUT2D eigenvalue weighted by molar-refractivity contribution is 0.686. The Morgan fingerprint density at radius 1 is 1.62 bits per heavy atom. The summed E-state index contributed by atoms with van der Waals surface area (Å²) in [5, 5.41) is 7.97. The van der Waals surface area contributed by atoms with Gasteiger partial charge in [-0.2, -0.15) is 16.9 Å². The summed E-state index contributed by atoms with van der Waals surface area (Å²) >= 11 is 2.02. The minimum absolute atomic E-state index is 0.640. The lowest BCUT2D eigenvalue weighted by Crippen LogP contribution is -2.31. The van der Waals surface area contributed by atoms with Gasteiger partial charge in [0, 0.05) is 25.0 Å². The lowest BCUT2D eigenvalue weighted by Gasteiger charge is -2.23. The topological polar surface area (TPSA) is 29.0 Å². The third-order valence-corrected chi connectivity index (χ3v) is 3.52. The van der Waals surface area contributed by atoms with Gasteiger partial charge in [0.1, 0.15) is 0 Å². The Hall–Kier alpha value is -0.770. The summed E-state index contributed by atoms with van der Waals surface area (Å²) in [6.45, 7) is 0. The monoisotopic (exact) mass is 195 g/mol. The van der Waals surface area contributed by atoms with E-state index in [-0.39, 0.29) is 0 Å². The van der Waals surface area contributed by atoms with E-state index in [1.165, 1.54) is 17.9 Å². The normalized spacial score (nSPS) is 21.8. The predicted octanol–water partition coefficient (Wildman–Crippen LogP) is 1.42. The zero-order chi connectivity index (χ0) is 9.10. The molecule has 1 atom stereocenters. The van der Waals surface area contributed by atoms with Gasteiger partial charge in [-0.3, -0.25) is 0 Å². The van der Waals surface area contributed by atoms with Crippen molar-refractivity contribution in [3.8, 4) is 0 Å². The SMILES string of the molecule is CN(c1cccnn1)C1CCSC1. The molecule has 0 spiro atoms. The molecule has 0 aliphatic carbocycles. The summed E-state index contributed by atoms with van der Waals surface area (Å²) in [5.41, 5.74) is 0. The van der Waals surface area contributed by atoms with Gasteiger partial charge in [-0.15, -0.1) is 5.10 Å². The quantitative estimate of drug-likeness (QED) is 0.713. The fraction of sp³-hybridized carbons (Fsp3) is 0.556. The number of rotatable bonds is 2. The number of nitrogens with zero attached hydrogens (tertiary/aromatic N) is 3. The molecule has 0 radical (unpaired) electrons. The molecule has 13 heavy (non-hydrogen) atoms. The first-order valence-electron chi connectivity index (χ1n) is 4.46. The average molecular weight is 195 g/mol. The van der Waals surface area contributed by atoms with Crippen LogP contribution in [0, 0.1) is 0 Å². The van der Waals surface area contributed by atoms with E-state index in [0.717, 1.165) is 5.82 Å². The molecule has 1 aromatic rings. The van der Waals surface area contributed by atoms with E-state index in [1.54, 1.807) is 6.20 Å². The zero-order valence-corrected chi connectivity index (χ0v) is 8.50. The van der Waals surface area contributed by atoms with Crippen LogP contribution in [0.1, 0.15) is 6.42 Å². The van der Waals surface area contributed by atoms with E-state index in [2.05, 4.69) is 22.1 Å². The number of aromatic nitrogens is 2. The summed E-state index contributed by atoms with van der Waals surface area (Å²) in [6.07, 6.45) is 2.97. The van der Waals surface area contributed by atoms with Crippen molar-refractivity contribution in [2.45, 2.75) is 12.5 Å². The van der Waals surface area contributed by atoms with Gasteiger partial charge >= 0.3 is 0 Å². The highest BCUT2D eigenvalue weighted by atomic mass is 32.2. The zero-order valence-electron chi connectivity index (χ0n) is 7.68. The minimum atomic E-state index is 0.640. The first-order chi connectivity index (χ1) is 6.38. The second kappa shape index (κ2) is 3.96. The van der Waals surface area contributed by atoms with Crippen LogP contribution in [-0.2, 0) is 0 Å². The smallest absolute Gasteiger partial charge is 0.151 e. The predicted molar refractivity (Wildman–Crippen MR) is 56.2 cm³/mol. The second-order valence-corrected chi connectivity index (χ2v) is 4.36. The third-order valence-electron chi connectivity index (χ3n) is 2.37. The van der Waals surface area contributed by atoms with Crippen LogP contribution in [0.2, 0.25) is 0 Å². The molecule has 1 aromatic heterocycles. The molecule has 2 rings (SSSR count). The maximum absolute atomic E-state index is 4.09. The fourth-order valence-electron chi connectivity index (χ4n) is 1.50. The van der Waals surface area contributed by atoms with Gasteiger partial charge in [-0.05, 0) is 24.3 Å². The van der Waals surface area contributed by atoms with Crippen LogP contribution < -0.4 is 4.90 Å². The van der Waals surface area contributed by atoms with Crippen molar-refractivity contribution in [3.63, 3.8) is 0 Å². The van der Waals surface area contributed by atoms with Crippen molar-refractivity contribution in [1.82, 2.24) is 10.2 Å². The van der Waals surface area contributed by atoms with Gasteiger partial charge in [0.25, 0.3) is 0 Å². The maximum Gasteiger partial charge on any atom is 0.151 e. The molecule has 0 amide bonds. The summed E-state index contributed by atoms with van der Waals surface area (Å²) in [6, 6.07) is 4.58. The molecule has 2 heterocycles. The molecule has 0 saturated carbocycles. The van der Waals surface area contributed by atoms with Gasteiger partial charge < -0.3 is 4.90 Å². The Morgan fingerprint density at radius 3 is 3.15 bits per heavy atom. The number of thioether (sulfide) groups is 1. The summed E-state index contributed by atoms with van der Waals surface area (Å²) in [7, 11) is 2.10. The Labute approximate surface area is 82.5 Å². The number of hydrogen-bond donors (Lipinski definition) is 0. The van der Waals surface area contributed by atoms with Crippen molar-refractivity contribution in [2.75, 3.05) is 23.5 Å². The van der Waals surface area contributed by atoms with Crippen LogP contribution in [0.25, 0.3) is 0 Å². The van der Waals surface area contributed by atoms with Crippen molar-refractivity contribution in [3.05, 3.63) is 18.3 Å². The largest absolute Gasteiger partial charge is 0.354 e. The minimum Gasteiger partial charge on any atom is -0.354 e. The molecule has 0 bridgehead atoms. The van der Waals surface area contributed by atoms with Gasteiger partial charge in [0.05, 0.1) is 0 Å². The van der Waals surface area contributed by atoms with Crippen LogP contribution in [0.3, 0.4) is 0 Å². The summed E-state index contributed by atoms with van der Waals surface area (Å²) in [5.74, 6) is 3.47. The van der Waals surface area contributed by atoms with Crippen LogP contribution in [0.15, 0.2) is 18.3 Å². The van der Waals surface area contributed by atoms with E-state index in [1.807, 2.05) is 23.9 Å². The highest BCUT2D eigenvalue weighted by molar-refractivity contribution is 7.99. The van der Waals surface area contributed by atoms with Crippen LogP contribution >= 0.6 is 11.8 Å². The summed E-state index contributed by atoms with van der Waals surface area (Å²) < 4.78 is 0. The second-order valence-electron chi connectivity index (χ2n) is 3.21. The van der Waals surface area contributed by atoms with Crippen molar-refractivity contribution in [2.24, 2.45) is 0 Å². The molecule has 4 heteroatoms. The van der Waals surface area contributed by atoms with Crippen LogP contribution in [0.5, 0.6) is 0 Å². The molecule has 0 aromatic carbocycles. The molecule has 70 valence electrons. The molecule has 1 saturated heterocycles. The van der Waals surface area contributed by atoms with E-state index in [4.69, 9.17) is 0 Å². The Balaban J connectivity index is 2.08. The molecule has 0 N–H and O–H groups in total. The van der Waals surface area contributed by atoms with E-state index >= 15 is 0 Å². The third kappa shape index (κ3) is 1.94. The Morgan fingerprint density at radius 2 is 2.54 bits per heavy atom. The lowest BCUT2D eigenvalue weighted by atomic mass is 10.2. The fourth-order valence-corrected chi connectivity index (χ4v) is 2.76. The Kier molecular flexibility index (Phi) is 2.68. The molecule has 1 fully saturated rings. The van der Waals surface area contributed by atoms with Gasteiger partial charge in [0.15, 0.2) is 5.82 Å². The van der Waals surface area contributed by atoms with E-state index < -0.39 is 0 Å². The van der Waals surface area contributed by atoms with E-state index in [9.17, 15) is 0 Å². The molecule has 1 unspecified atom stereocenters. The van der Waals surface area contributed by atoms with Gasteiger partial charge in [-0.25, -0.2) is 0 Å². The molecule has 3 nitrogen and oxygen atoms in total. The highest BCUT2D eigenvalue weighted by Gasteiger charge is 2.20. The van der Waals surface area contributed by atoms with Crippen molar-refractivity contribution < 1.29 is 0 Å². The molecular formula is C9H13N3S. The van der Waals surface area contributed by atoms with Crippen molar-refractivity contribution >= 4 is 17.6 Å². The van der Waals surface area contributed by atoms with Gasteiger partial charge in [0.2, 0.25) is 0 Å². The number of anilines is 1. The average Bonchev–Trinajstić information content (AvgIpc) is 2.71. The van der Waals surface area contributed by atoms with Crippen LogP contribution in [-0.4, -0.2) is 34.8 Å². The molecular weight excluding hydrogens is 182 g/mol. The number of hydrogen-bond acceptors (Lipinski definition) is 4. The van der Waals surface area contributed by atoms with Crippen LogP contribution in [0.4, 0.5) is 5.82 Å². The first kappa shape index (κ1) is 8.81.